The fourth-order valence-electron chi connectivity index (χ4n) is 3.25. The molecule has 0 saturated carbocycles. The standard InChI is InChI=1S/C17H19F4N5O/c1-22-10-11-5-7-25(8-6-11)16(27)14-15(17(19,20)21)26(24-23-14)13-4-2-3-12(18)9-13/h2-4,9,11,22H,5-8,10H2,1H3. The van der Waals surface area contributed by atoms with Gasteiger partial charge in [-0.3, -0.25) is 4.79 Å². The molecule has 3 rings (SSSR count). The van der Waals surface area contributed by atoms with Gasteiger partial charge in [-0.1, -0.05) is 11.3 Å². The zero-order chi connectivity index (χ0) is 19.6. The van der Waals surface area contributed by atoms with E-state index >= 15 is 0 Å². The van der Waals surface area contributed by atoms with Crippen LogP contribution in [-0.4, -0.2) is 52.5 Å². The molecule has 2 heterocycles. The van der Waals surface area contributed by atoms with Gasteiger partial charge in [-0.15, -0.1) is 5.10 Å². The highest BCUT2D eigenvalue weighted by atomic mass is 19.4. The van der Waals surface area contributed by atoms with E-state index in [0.717, 1.165) is 18.7 Å². The normalized spacial score (nSPS) is 16.0. The Morgan fingerprint density at radius 3 is 2.59 bits per heavy atom. The third-order valence-electron chi connectivity index (χ3n) is 4.59. The van der Waals surface area contributed by atoms with Gasteiger partial charge in [0.2, 0.25) is 0 Å². The number of amides is 1. The molecule has 0 spiro atoms. The Morgan fingerprint density at radius 1 is 1.30 bits per heavy atom. The van der Waals surface area contributed by atoms with Crippen molar-refractivity contribution in [2.45, 2.75) is 19.0 Å². The zero-order valence-electron chi connectivity index (χ0n) is 14.6. The zero-order valence-corrected chi connectivity index (χ0v) is 14.6. The van der Waals surface area contributed by atoms with Gasteiger partial charge in [-0.2, -0.15) is 13.2 Å². The first kappa shape index (κ1) is 19.3. The van der Waals surface area contributed by atoms with E-state index in [1.54, 1.807) is 0 Å². The van der Waals surface area contributed by atoms with Gasteiger partial charge in [0.15, 0.2) is 11.4 Å². The summed E-state index contributed by atoms with van der Waals surface area (Å²) in [6.45, 7) is 1.51. The number of halogens is 4. The van der Waals surface area contributed by atoms with Crippen LogP contribution < -0.4 is 5.32 Å². The first-order chi connectivity index (χ1) is 12.8. The minimum atomic E-state index is -4.87. The monoisotopic (exact) mass is 385 g/mol. The summed E-state index contributed by atoms with van der Waals surface area (Å²) in [5.74, 6) is -1.15. The second-order valence-electron chi connectivity index (χ2n) is 6.47. The summed E-state index contributed by atoms with van der Waals surface area (Å²) >= 11 is 0. The van der Waals surface area contributed by atoms with Crippen LogP contribution in [0.1, 0.15) is 29.0 Å². The Kier molecular flexibility index (Phi) is 5.45. The number of carbonyl (C=O) groups is 1. The Labute approximate surface area is 153 Å². The molecule has 0 aliphatic carbocycles. The van der Waals surface area contributed by atoms with Gasteiger partial charge in [0.25, 0.3) is 5.91 Å². The molecule has 0 unspecified atom stereocenters. The van der Waals surface area contributed by atoms with Crippen molar-refractivity contribution in [3.8, 4) is 5.69 Å². The lowest BCUT2D eigenvalue weighted by molar-refractivity contribution is -0.143. The number of rotatable bonds is 4. The van der Waals surface area contributed by atoms with Gasteiger partial charge in [0.1, 0.15) is 5.82 Å². The number of benzene rings is 1. The van der Waals surface area contributed by atoms with E-state index in [-0.39, 0.29) is 5.69 Å². The van der Waals surface area contributed by atoms with E-state index in [2.05, 4.69) is 15.6 Å². The largest absolute Gasteiger partial charge is 0.435 e. The third kappa shape index (κ3) is 4.10. The maximum absolute atomic E-state index is 13.6. The molecule has 2 aromatic rings. The first-order valence-corrected chi connectivity index (χ1v) is 8.54. The first-order valence-electron chi connectivity index (χ1n) is 8.54. The van der Waals surface area contributed by atoms with Gasteiger partial charge in [-0.05, 0) is 50.6 Å². The highest BCUT2D eigenvalue weighted by molar-refractivity contribution is 5.93. The highest BCUT2D eigenvalue weighted by Gasteiger charge is 2.43. The Hall–Kier alpha value is -2.49. The number of likely N-dealkylation sites (tertiary alicyclic amines) is 1. The molecule has 1 aromatic carbocycles. The maximum atomic E-state index is 13.6. The summed E-state index contributed by atoms with van der Waals surface area (Å²) in [6.07, 6.45) is -3.47. The smallest absolute Gasteiger partial charge is 0.337 e. The van der Waals surface area contributed by atoms with E-state index in [1.807, 2.05) is 7.05 Å². The van der Waals surface area contributed by atoms with Crippen molar-refractivity contribution >= 4 is 5.91 Å². The summed E-state index contributed by atoms with van der Waals surface area (Å²) in [5, 5.41) is 10.0. The SMILES string of the molecule is CNCC1CCN(C(=O)c2nnn(-c3cccc(F)c3)c2C(F)(F)F)CC1. The minimum absolute atomic E-state index is 0.151. The van der Waals surface area contributed by atoms with Crippen LogP contribution in [0.4, 0.5) is 17.6 Å². The van der Waals surface area contributed by atoms with Crippen molar-refractivity contribution in [2.75, 3.05) is 26.7 Å². The van der Waals surface area contributed by atoms with Gasteiger partial charge >= 0.3 is 6.18 Å². The predicted octanol–water partition coefficient (Wildman–Crippen LogP) is 2.50. The van der Waals surface area contributed by atoms with E-state index < -0.39 is 29.3 Å². The van der Waals surface area contributed by atoms with Gasteiger partial charge < -0.3 is 10.2 Å². The van der Waals surface area contributed by atoms with Crippen LogP contribution in [0.5, 0.6) is 0 Å². The molecule has 6 nitrogen and oxygen atoms in total. The van der Waals surface area contributed by atoms with E-state index in [1.165, 1.54) is 17.0 Å². The van der Waals surface area contributed by atoms with Crippen LogP contribution in [0.3, 0.4) is 0 Å². The number of nitrogens with zero attached hydrogens (tertiary/aromatic N) is 4. The topological polar surface area (TPSA) is 63.1 Å². The number of aromatic nitrogens is 3. The summed E-state index contributed by atoms with van der Waals surface area (Å²) in [6, 6.07) is 4.54. The number of nitrogens with one attached hydrogen (secondary N) is 1. The molecule has 1 N–H and O–H groups in total. The van der Waals surface area contributed by atoms with Crippen molar-refractivity contribution in [1.29, 1.82) is 0 Å². The van der Waals surface area contributed by atoms with Gasteiger partial charge in [0.05, 0.1) is 5.69 Å². The molecule has 10 heteroatoms. The fraction of sp³-hybridized carbons (Fsp3) is 0.471. The molecule has 1 fully saturated rings. The van der Waals surface area contributed by atoms with Crippen LogP contribution in [-0.2, 0) is 6.18 Å². The van der Waals surface area contributed by atoms with Gasteiger partial charge in [-0.25, -0.2) is 9.07 Å². The van der Waals surface area contributed by atoms with Crippen LogP contribution in [0.15, 0.2) is 24.3 Å². The van der Waals surface area contributed by atoms with Crippen molar-refractivity contribution in [1.82, 2.24) is 25.2 Å². The predicted molar refractivity (Wildman–Crippen MR) is 88.9 cm³/mol. The summed E-state index contributed by atoms with van der Waals surface area (Å²) in [4.78, 5) is 14.0. The maximum Gasteiger partial charge on any atom is 0.435 e. The molecule has 1 aliphatic rings. The average Bonchev–Trinajstić information content (AvgIpc) is 3.07. The molecule has 0 bridgehead atoms. The number of hydrogen-bond donors (Lipinski definition) is 1. The van der Waals surface area contributed by atoms with E-state index in [0.29, 0.717) is 36.5 Å². The van der Waals surface area contributed by atoms with Crippen LogP contribution in [0, 0.1) is 11.7 Å². The van der Waals surface area contributed by atoms with Crippen LogP contribution in [0.25, 0.3) is 5.69 Å². The van der Waals surface area contributed by atoms with Crippen molar-refractivity contribution in [2.24, 2.45) is 5.92 Å². The Bertz CT molecular complexity index is 812. The highest BCUT2D eigenvalue weighted by Crippen LogP contribution is 2.33. The van der Waals surface area contributed by atoms with Crippen molar-refractivity contribution in [3.63, 3.8) is 0 Å². The quantitative estimate of drug-likeness (QED) is 0.822. The number of carbonyl (C=O) groups excluding carboxylic acids is 1. The van der Waals surface area contributed by atoms with Crippen molar-refractivity contribution < 1.29 is 22.4 Å². The number of hydrogen-bond acceptors (Lipinski definition) is 4. The molecule has 0 atom stereocenters. The second-order valence-corrected chi connectivity index (χ2v) is 6.47. The summed E-state index contributed by atoms with van der Waals surface area (Å²) in [7, 11) is 1.83. The molecule has 146 valence electrons. The minimum Gasteiger partial charge on any atom is -0.337 e. The lowest BCUT2D eigenvalue weighted by Crippen LogP contribution is -2.41. The third-order valence-corrected chi connectivity index (χ3v) is 4.59. The number of piperidine rings is 1. The molecular weight excluding hydrogens is 366 g/mol. The van der Waals surface area contributed by atoms with Crippen molar-refractivity contribution in [3.05, 3.63) is 41.5 Å². The van der Waals surface area contributed by atoms with Crippen LogP contribution >= 0.6 is 0 Å². The molecule has 1 aromatic heterocycles. The Morgan fingerprint density at radius 2 is 2.00 bits per heavy atom. The van der Waals surface area contributed by atoms with E-state index in [9.17, 15) is 22.4 Å². The van der Waals surface area contributed by atoms with Gasteiger partial charge in [0, 0.05) is 13.1 Å². The second kappa shape index (κ2) is 7.63. The molecule has 1 amide bonds. The number of alkyl halides is 3. The average molecular weight is 385 g/mol. The Balaban J connectivity index is 1.91. The molecule has 27 heavy (non-hydrogen) atoms. The summed E-state index contributed by atoms with van der Waals surface area (Å²) in [5.41, 5.74) is -2.21. The van der Waals surface area contributed by atoms with E-state index in [4.69, 9.17) is 0 Å². The molecule has 0 radical (unpaired) electrons. The summed E-state index contributed by atoms with van der Waals surface area (Å²) < 4.78 is 54.8. The lowest BCUT2D eigenvalue weighted by Gasteiger charge is -2.31. The molecular formula is C17H19F4N5O. The molecule has 1 aliphatic heterocycles. The van der Waals surface area contributed by atoms with Crippen LogP contribution in [0.2, 0.25) is 0 Å². The fourth-order valence-corrected chi connectivity index (χ4v) is 3.25. The molecule has 1 saturated heterocycles. The lowest BCUT2D eigenvalue weighted by atomic mass is 9.96.